The first-order valence-electron chi connectivity index (χ1n) is 5.74. The first-order chi connectivity index (χ1) is 7.67. The van der Waals surface area contributed by atoms with Gasteiger partial charge in [-0.3, -0.25) is 0 Å². The monoisotopic (exact) mass is 255 g/mol. The van der Waals surface area contributed by atoms with Gasteiger partial charge >= 0.3 is 6.09 Å². The van der Waals surface area contributed by atoms with Gasteiger partial charge in [0, 0.05) is 0 Å². The maximum absolute atomic E-state index is 11.1. The van der Waals surface area contributed by atoms with Crippen LogP contribution in [-0.4, -0.2) is 33.2 Å². The van der Waals surface area contributed by atoms with Crippen molar-refractivity contribution in [2.45, 2.75) is 51.0 Å². The minimum Gasteiger partial charge on any atom is -0.431 e. The van der Waals surface area contributed by atoms with Gasteiger partial charge in [0.2, 0.25) is 0 Å². The number of hydrogen-bond donors (Lipinski definition) is 1. The molecule has 1 amide bonds. The summed E-state index contributed by atoms with van der Waals surface area (Å²) in [4.78, 5) is 11.1. The molecule has 1 aliphatic rings. The van der Waals surface area contributed by atoms with E-state index in [-0.39, 0.29) is 11.1 Å². The molecule has 1 fully saturated rings. The summed E-state index contributed by atoms with van der Waals surface area (Å²) in [6, 6.07) is -0.235. The van der Waals surface area contributed by atoms with Crippen LogP contribution in [0.3, 0.4) is 0 Å². The first-order valence-corrected chi connectivity index (χ1v) is 8.65. The highest BCUT2D eigenvalue weighted by molar-refractivity contribution is 6.74. The molecule has 0 spiro atoms. The number of alkyl carbamates (subject to hydrolysis) is 1. The molecule has 0 aromatic heterocycles. The summed E-state index contributed by atoms with van der Waals surface area (Å²) < 4.78 is 10.9. The van der Waals surface area contributed by atoms with Crippen molar-refractivity contribution in [2.75, 3.05) is 6.61 Å². The molecule has 96 valence electrons. The van der Waals surface area contributed by atoms with Crippen molar-refractivity contribution in [3.63, 3.8) is 0 Å². The van der Waals surface area contributed by atoms with E-state index in [0.29, 0.717) is 6.61 Å². The van der Waals surface area contributed by atoms with Gasteiger partial charge in [-0.1, -0.05) is 26.7 Å². The summed E-state index contributed by atoms with van der Waals surface area (Å²) in [6.45, 7) is 11.2. The van der Waals surface area contributed by atoms with E-state index in [9.17, 15) is 4.79 Å². The predicted molar refractivity (Wildman–Crippen MR) is 69.2 cm³/mol. The van der Waals surface area contributed by atoms with Crippen LogP contribution in [-0.2, 0) is 9.16 Å². The molecule has 5 heteroatoms. The summed E-state index contributed by atoms with van der Waals surface area (Å²) >= 11 is 0. The van der Waals surface area contributed by atoms with E-state index in [4.69, 9.17) is 15.6 Å². The van der Waals surface area contributed by atoms with Crippen LogP contribution >= 0.6 is 0 Å². The normalized spacial score (nSPS) is 25.1. The fourth-order valence-electron chi connectivity index (χ4n) is 1.25. The van der Waals surface area contributed by atoms with Gasteiger partial charge in [0.15, 0.2) is 14.4 Å². The molecule has 4 nitrogen and oxygen atoms in total. The van der Waals surface area contributed by atoms with E-state index in [0.717, 1.165) is 0 Å². The van der Waals surface area contributed by atoms with E-state index >= 15 is 0 Å². The maximum Gasteiger partial charge on any atom is 0.408 e. The molecule has 0 aromatic carbocycles. The Kier molecular flexibility index (Phi) is 3.90. The molecule has 1 rings (SSSR count). The number of carbonyl (C=O) groups excluding carboxylic acids is 1. The molecule has 17 heavy (non-hydrogen) atoms. The van der Waals surface area contributed by atoms with E-state index in [1.807, 2.05) is 0 Å². The van der Waals surface area contributed by atoms with E-state index in [2.05, 4.69) is 45.1 Å². The Morgan fingerprint density at radius 3 is 2.59 bits per heavy atom. The molecule has 2 atom stereocenters. The van der Waals surface area contributed by atoms with Crippen molar-refractivity contribution < 1.29 is 14.0 Å². The second-order valence-electron chi connectivity index (χ2n) is 5.81. The van der Waals surface area contributed by atoms with Gasteiger partial charge in [-0.2, -0.15) is 0 Å². The molecule has 1 N–H and O–H groups in total. The van der Waals surface area contributed by atoms with Crippen LogP contribution in [0, 0.1) is 12.3 Å². The highest BCUT2D eigenvalue weighted by Gasteiger charge is 2.40. The molecule has 1 saturated heterocycles. The molecule has 0 aliphatic carbocycles. The minimum atomic E-state index is -1.81. The molecule has 0 saturated carbocycles. The van der Waals surface area contributed by atoms with Gasteiger partial charge in [0.1, 0.15) is 6.04 Å². The maximum atomic E-state index is 11.1. The highest BCUT2D eigenvalue weighted by Crippen LogP contribution is 2.36. The van der Waals surface area contributed by atoms with Crippen molar-refractivity contribution in [2.24, 2.45) is 0 Å². The first kappa shape index (κ1) is 14.1. The van der Waals surface area contributed by atoms with Gasteiger partial charge in [-0.25, -0.2) is 4.79 Å². The largest absolute Gasteiger partial charge is 0.431 e. The molecule has 1 aliphatic heterocycles. The summed E-state index contributed by atoms with van der Waals surface area (Å²) in [7, 11) is -1.81. The number of cyclic esters (lactones) is 1. The van der Waals surface area contributed by atoms with Gasteiger partial charge < -0.3 is 14.5 Å². The fraction of sp³-hybridized carbons (Fsp3) is 0.750. The molecule has 0 bridgehead atoms. The van der Waals surface area contributed by atoms with Crippen LogP contribution in [0.25, 0.3) is 0 Å². The third kappa shape index (κ3) is 3.24. The zero-order valence-electron chi connectivity index (χ0n) is 11.2. The van der Waals surface area contributed by atoms with Crippen molar-refractivity contribution in [1.82, 2.24) is 5.32 Å². The second-order valence-corrected chi connectivity index (χ2v) is 10.6. The smallest absolute Gasteiger partial charge is 0.408 e. The van der Waals surface area contributed by atoms with Crippen LogP contribution in [0.15, 0.2) is 0 Å². The third-order valence-corrected chi connectivity index (χ3v) is 8.00. The van der Waals surface area contributed by atoms with Crippen LogP contribution in [0.4, 0.5) is 4.79 Å². The topological polar surface area (TPSA) is 47.6 Å². The Labute approximate surface area is 104 Å². The van der Waals surface area contributed by atoms with E-state index < -0.39 is 20.5 Å². The predicted octanol–water partition coefficient (Wildman–Crippen LogP) is 2.12. The minimum absolute atomic E-state index is 0.141. The average Bonchev–Trinajstić information content (AvgIpc) is 2.54. The lowest BCUT2D eigenvalue weighted by Gasteiger charge is -2.36. The summed E-state index contributed by atoms with van der Waals surface area (Å²) in [5.74, 6) is 2.45. The Morgan fingerprint density at radius 2 is 2.12 bits per heavy atom. The van der Waals surface area contributed by atoms with E-state index in [1.165, 1.54) is 0 Å². The lowest BCUT2D eigenvalue weighted by molar-refractivity contribution is 0.149. The lowest BCUT2D eigenvalue weighted by Crippen LogP contribution is -2.46. The number of nitrogens with one attached hydrogen (secondary N) is 1. The Morgan fingerprint density at radius 1 is 1.53 bits per heavy atom. The van der Waals surface area contributed by atoms with Crippen molar-refractivity contribution in [3.8, 4) is 12.3 Å². The van der Waals surface area contributed by atoms with Gasteiger partial charge in [-0.05, 0) is 18.1 Å². The molecule has 0 unspecified atom stereocenters. The van der Waals surface area contributed by atoms with Crippen LogP contribution < -0.4 is 5.32 Å². The molecular formula is C12H21NO3Si. The van der Waals surface area contributed by atoms with E-state index in [1.54, 1.807) is 0 Å². The zero-order valence-corrected chi connectivity index (χ0v) is 12.2. The van der Waals surface area contributed by atoms with Crippen molar-refractivity contribution in [1.29, 1.82) is 0 Å². The summed E-state index contributed by atoms with van der Waals surface area (Å²) in [5, 5.41) is 2.81. The highest BCUT2D eigenvalue weighted by atomic mass is 28.4. The standard InChI is InChI=1S/C12H21NO3Si/c1-7-10-9(13-11(14)16-10)8-15-17(5,6)12(2,3)4/h1,9-10H,8H2,2-6H3,(H,13,14)/t9-,10+/m0/s1. The van der Waals surface area contributed by atoms with Crippen molar-refractivity contribution >= 4 is 14.4 Å². The lowest BCUT2D eigenvalue weighted by atomic mass is 10.2. The van der Waals surface area contributed by atoms with Gasteiger partial charge in [-0.15, -0.1) is 6.42 Å². The zero-order chi connectivity index (χ0) is 13.3. The SMILES string of the molecule is C#C[C@H]1OC(=O)N[C@H]1CO[Si](C)(C)C(C)(C)C. The second kappa shape index (κ2) is 4.71. The Bertz CT molecular complexity index is 341. The fourth-order valence-corrected chi connectivity index (χ4v) is 2.28. The quantitative estimate of drug-likeness (QED) is 0.621. The van der Waals surface area contributed by atoms with Crippen LogP contribution in [0.1, 0.15) is 20.8 Å². The number of rotatable bonds is 3. The van der Waals surface area contributed by atoms with Crippen molar-refractivity contribution in [3.05, 3.63) is 0 Å². The Hall–Kier alpha value is -0.993. The molecule has 1 heterocycles. The summed E-state index contributed by atoms with van der Waals surface area (Å²) in [6.07, 6.45) is 4.32. The molecular weight excluding hydrogens is 234 g/mol. The van der Waals surface area contributed by atoms with Crippen LogP contribution in [0.2, 0.25) is 18.1 Å². The third-order valence-electron chi connectivity index (χ3n) is 3.50. The van der Waals surface area contributed by atoms with Gasteiger partial charge in [0.05, 0.1) is 6.61 Å². The number of hydrogen-bond acceptors (Lipinski definition) is 3. The number of terminal acetylenes is 1. The molecule has 0 radical (unpaired) electrons. The van der Waals surface area contributed by atoms with Gasteiger partial charge in [0.25, 0.3) is 0 Å². The Balaban J connectivity index is 2.57. The number of ether oxygens (including phenoxy) is 1. The molecule has 0 aromatic rings. The number of carbonyl (C=O) groups is 1. The average molecular weight is 255 g/mol. The summed E-state index contributed by atoms with van der Waals surface area (Å²) in [5.41, 5.74) is 0. The number of amides is 1. The van der Waals surface area contributed by atoms with Crippen LogP contribution in [0.5, 0.6) is 0 Å².